The number of amides is 1. The Bertz CT molecular complexity index is 1230. The predicted octanol–water partition coefficient (Wildman–Crippen LogP) is 5.02. The van der Waals surface area contributed by atoms with Gasteiger partial charge in [-0.25, -0.2) is 4.98 Å². The van der Waals surface area contributed by atoms with Crippen LogP contribution in [0.4, 0.5) is 5.82 Å². The molecule has 0 fully saturated rings. The molecule has 0 saturated heterocycles. The quantitative estimate of drug-likeness (QED) is 0.414. The number of fused-ring (bicyclic) bond motifs is 1. The lowest BCUT2D eigenvalue weighted by molar-refractivity contribution is 0.102. The van der Waals surface area contributed by atoms with Crippen LogP contribution in [-0.2, 0) is 6.54 Å². The zero-order chi connectivity index (χ0) is 21.5. The number of aromatic nitrogens is 2. The van der Waals surface area contributed by atoms with E-state index in [1.54, 1.807) is 18.3 Å². The molecule has 1 amide bonds. The molecule has 0 radical (unpaired) electrons. The summed E-state index contributed by atoms with van der Waals surface area (Å²) in [6.07, 6.45) is 4.52. The van der Waals surface area contributed by atoms with Gasteiger partial charge in [-0.1, -0.05) is 48.5 Å². The average molecular weight is 410 g/mol. The summed E-state index contributed by atoms with van der Waals surface area (Å²) < 4.78 is 7.79. The predicted molar refractivity (Wildman–Crippen MR) is 120 cm³/mol. The van der Waals surface area contributed by atoms with E-state index in [0.29, 0.717) is 43.1 Å². The molecule has 0 unspecified atom stereocenters. The fourth-order valence-corrected chi connectivity index (χ4v) is 3.45. The summed E-state index contributed by atoms with van der Waals surface area (Å²) in [7, 11) is 0. The van der Waals surface area contributed by atoms with Gasteiger partial charge in [-0.2, -0.15) is 5.26 Å². The Morgan fingerprint density at radius 3 is 2.71 bits per heavy atom. The minimum absolute atomic E-state index is 0.247. The molecular weight excluding hydrogens is 388 g/mol. The topological polar surface area (TPSA) is 79.9 Å². The van der Waals surface area contributed by atoms with Gasteiger partial charge in [-0.05, 0) is 30.2 Å². The van der Waals surface area contributed by atoms with Gasteiger partial charge in [-0.15, -0.1) is 0 Å². The van der Waals surface area contributed by atoms with Crippen LogP contribution < -0.4 is 10.1 Å². The van der Waals surface area contributed by atoms with E-state index >= 15 is 0 Å². The molecule has 2 heterocycles. The molecule has 2 aromatic heterocycles. The first-order valence-electron chi connectivity index (χ1n) is 10.1. The number of para-hydroxylation sites is 1. The Hall–Kier alpha value is -4.11. The molecule has 0 bridgehead atoms. The molecule has 6 nitrogen and oxygen atoms in total. The van der Waals surface area contributed by atoms with Gasteiger partial charge in [0.05, 0.1) is 18.2 Å². The second-order valence-corrected chi connectivity index (χ2v) is 7.09. The van der Waals surface area contributed by atoms with Crippen molar-refractivity contribution in [3.8, 4) is 11.8 Å². The number of benzene rings is 2. The van der Waals surface area contributed by atoms with Gasteiger partial charge in [0.25, 0.3) is 5.91 Å². The molecule has 2 aromatic carbocycles. The first kappa shape index (κ1) is 20.2. The van der Waals surface area contributed by atoms with Crippen LogP contribution in [0.3, 0.4) is 0 Å². The monoisotopic (exact) mass is 410 g/mol. The van der Waals surface area contributed by atoms with E-state index in [1.165, 1.54) is 0 Å². The average Bonchev–Trinajstić information content (AvgIpc) is 3.17. The number of hydrogen-bond acceptors (Lipinski definition) is 4. The number of anilines is 1. The smallest absolute Gasteiger partial charge is 0.259 e. The van der Waals surface area contributed by atoms with Gasteiger partial charge in [0.15, 0.2) is 11.6 Å². The first-order valence-corrected chi connectivity index (χ1v) is 10.1. The summed E-state index contributed by atoms with van der Waals surface area (Å²) >= 11 is 0. The minimum atomic E-state index is -0.247. The third kappa shape index (κ3) is 4.73. The van der Waals surface area contributed by atoms with Gasteiger partial charge in [0.1, 0.15) is 0 Å². The standard InChI is InChI=1S/C25H22N4O2/c26-14-6-7-16-31-23-13-8-15-27-24(23)28-25(30)21-18-29(17-19-9-2-1-3-10-19)22-12-5-4-11-20(21)22/h1-5,8-13,15,18H,6-7,16-17H2,(H,27,28,30). The Morgan fingerprint density at radius 2 is 1.87 bits per heavy atom. The highest BCUT2D eigenvalue weighted by Gasteiger charge is 2.17. The van der Waals surface area contributed by atoms with Gasteiger partial charge in [0.2, 0.25) is 0 Å². The summed E-state index contributed by atoms with van der Waals surface area (Å²) in [6, 6.07) is 23.6. The molecule has 0 aliphatic carbocycles. The fraction of sp³-hybridized carbons (Fsp3) is 0.160. The highest BCUT2D eigenvalue weighted by atomic mass is 16.5. The van der Waals surface area contributed by atoms with Crippen molar-refractivity contribution < 1.29 is 9.53 Å². The second-order valence-electron chi connectivity index (χ2n) is 7.09. The number of ether oxygens (including phenoxy) is 1. The fourth-order valence-electron chi connectivity index (χ4n) is 3.45. The summed E-state index contributed by atoms with van der Waals surface area (Å²) in [5.41, 5.74) is 2.73. The molecule has 31 heavy (non-hydrogen) atoms. The van der Waals surface area contributed by atoms with Crippen molar-refractivity contribution in [1.29, 1.82) is 5.26 Å². The Kier molecular flexibility index (Phi) is 6.24. The van der Waals surface area contributed by atoms with Crippen molar-refractivity contribution in [3.05, 3.63) is 90.3 Å². The molecule has 0 spiro atoms. The molecule has 1 N–H and O–H groups in total. The van der Waals surface area contributed by atoms with E-state index in [1.807, 2.05) is 48.7 Å². The summed E-state index contributed by atoms with van der Waals surface area (Å²) in [4.78, 5) is 17.4. The zero-order valence-electron chi connectivity index (χ0n) is 17.0. The van der Waals surface area contributed by atoms with Gasteiger partial charge < -0.3 is 14.6 Å². The number of unbranched alkanes of at least 4 members (excludes halogenated alkanes) is 1. The van der Waals surface area contributed by atoms with Crippen LogP contribution in [0.15, 0.2) is 79.1 Å². The third-order valence-electron chi connectivity index (χ3n) is 4.92. The van der Waals surface area contributed by atoms with Crippen LogP contribution in [0.25, 0.3) is 10.9 Å². The van der Waals surface area contributed by atoms with Crippen LogP contribution >= 0.6 is 0 Å². The van der Waals surface area contributed by atoms with Crippen LogP contribution in [-0.4, -0.2) is 22.1 Å². The molecule has 0 saturated carbocycles. The zero-order valence-corrected chi connectivity index (χ0v) is 17.0. The molecule has 4 aromatic rings. The van der Waals surface area contributed by atoms with Crippen LogP contribution in [0.1, 0.15) is 28.8 Å². The maximum atomic E-state index is 13.2. The van der Waals surface area contributed by atoms with Crippen LogP contribution in [0, 0.1) is 11.3 Å². The Morgan fingerprint density at radius 1 is 1.06 bits per heavy atom. The Labute approximate surface area is 180 Å². The van der Waals surface area contributed by atoms with E-state index in [-0.39, 0.29) is 5.91 Å². The lowest BCUT2D eigenvalue weighted by atomic mass is 10.1. The highest BCUT2D eigenvalue weighted by molar-refractivity contribution is 6.13. The van der Waals surface area contributed by atoms with Crippen molar-refractivity contribution in [2.75, 3.05) is 11.9 Å². The normalized spacial score (nSPS) is 10.5. The lowest BCUT2D eigenvalue weighted by Gasteiger charge is -2.10. The lowest BCUT2D eigenvalue weighted by Crippen LogP contribution is -2.14. The molecule has 4 rings (SSSR count). The van der Waals surface area contributed by atoms with E-state index in [2.05, 4.69) is 33.1 Å². The maximum Gasteiger partial charge on any atom is 0.259 e. The highest BCUT2D eigenvalue weighted by Crippen LogP contribution is 2.26. The van der Waals surface area contributed by atoms with E-state index in [4.69, 9.17) is 10.00 Å². The second kappa shape index (κ2) is 9.59. The SMILES string of the molecule is N#CCCCOc1cccnc1NC(=O)c1cn(Cc2ccccc2)c2ccccc12. The number of nitrogens with one attached hydrogen (secondary N) is 1. The van der Waals surface area contributed by atoms with Crippen LogP contribution in [0.2, 0.25) is 0 Å². The number of carbonyl (C=O) groups excluding carboxylic acids is 1. The van der Waals surface area contributed by atoms with Crippen molar-refractivity contribution >= 4 is 22.6 Å². The number of rotatable bonds is 8. The molecule has 0 atom stereocenters. The van der Waals surface area contributed by atoms with E-state index in [0.717, 1.165) is 16.5 Å². The minimum Gasteiger partial charge on any atom is -0.490 e. The number of nitrogens with zero attached hydrogens (tertiary/aromatic N) is 3. The van der Waals surface area contributed by atoms with Crippen LogP contribution in [0.5, 0.6) is 5.75 Å². The van der Waals surface area contributed by atoms with Crippen molar-refractivity contribution in [2.45, 2.75) is 19.4 Å². The number of nitriles is 1. The first-order chi connectivity index (χ1) is 15.3. The Balaban J connectivity index is 1.58. The van der Waals surface area contributed by atoms with Crippen molar-refractivity contribution in [2.24, 2.45) is 0 Å². The van der Waals surface area contributed by atoms with Crippen molar-refractivity contribution in [3.63, 3.8) is 0 Å². The largest absolute Gasteiger partial charge is 0.490 e. The summed E-state index contributed by atoms with van der Waals surface area (Å²) in [5.74, 6) is 0.606. The molecular formula is C25H22N4O2. The maximum absolute atomic E-state index is 13.2. The van der Waals surface area contributed by atoms with E-state index in [9.17, 15) is 4.79 Å². The van der Waals surface area contributed by atoms with Gasteiger partial charge in [-0.3, -0.25) is 4.79 Å². The number of pyridine rings is 1. The number of carbonyl (C=O) groups is 1. The third-order valence-corrected chi connectivity index (χ3v) is 4.92. The molecule has 0 aliphatic rings. The van der Waals surface area contributed by atoms with E-state index < -0.39 is 0 Å². The summed E-state index contributed by atoms with van der Waals surface area (Å²) in [6.45, 7) is 1.06. The van der Waals surface area contributed by atoms with Gasteiger partial charge >= 0.3 is 0 Å². The summed E-state index contributed by atoms with van der Waals surface area (Å²) in [5, 5.41) is 12.4. The number of hydrogen-bond donors (Lipinski definition) is 1. The van der Waals surface area contributed by atoms with Crippen molar-refractivity contribution in [1.82, 2.24) is 9.55 Å². The molecule has 0 aliphatic heterocycles. The molecule has 6 heteroatoms. The molecule has 154 valence electrons. The van der Waals surface area contributed by atoms with Gasteiger partial charge in [0, 0.05) is 36.3 Å².